The third-order valence-corrected chi connectivity index (χ3v) is 4.47. The first kappa shape index (κ1) is 14.9. The number of aryl methyl sites for hydroxylation is 1. The molecule has 1 aliphatic heterocycles. The minimum Gasteiger partial charge on any atom is -0.398 e. The van der Waals surface area contributed by atoms with E-state index in [0.717, 1.165) is 12.1 Å². The molecule has 122 valence electrons. The number of benzene rings is 2. The molecule has 0 aliphatic carbocycles. The van der Waals surface area contributed by atoms with E-state index in [-0.39, 0.29) is 27.4 Å². The van der Waals surface area contributed by atoms with Crippen molar-refractivity contribution in [2.24, 2.45) is 7.05 Å². The van der Waals surface area contributed by atoms with Crippen molar-refractivity contribution in [2.75, 3.05) is 5.73 Å². The molecule has 0 saturated carbocycles. The Morgan fingerprint density at radius 3 is 2.92 bits per heavy atom. The zero-order valence-electron chi connectivity index (χ0n) is 12.5. The first-order chi connectivity index (χ1) is 11.3. The average Bonchev–Trinajstić information content (AvgIpc) is 2.99. The quantitative estimate of drug-likeness (QED) is 0.586. The van der Waals surface area contributed by atoms with E-state index in [1.807, 2.05) is 0 Å². The predicted molar refractivity (Wildman–Crippen MR) is 87.0 cm³/mol. The predicted octanol–water partition coefficient (Wildman–Crippen LogP) is 1.88. The number of nitrogens with zero attached hydrogens (tertiary/aromatic N) is 2. The van der Waals surface area contributed by atoms with E-state index in [1.165, 1.54) is 6.07 Å². The van der Waals surface area contributed by atoms with Gasteiger partial charge in [0, 0.05) is 40.5 Å². The van der Waals surface area contributed by atoms with Crippen molar-refractivity contribution in [3.8, 4) is 0 Å². The number of nitrogens with two attached hydrogens (primary N) is 1. The van der Waals surface area contributed by atoms with Crippen LogP contribution in [-0.4, -0.2) is 20.8 Å². The number of nitrogen functional groups attached to an aromatic ring is 1. The minimum atomic E-state index is -2.03. The lowest BCUT2D eigenvalue weighted by atomic mass is 9.91. The summed E-state index contributed by atoms with van der Waals surface area (Å²) in [7, 11) is 1.71. The highest BCUT2D eigenvalue weighted by atomic mass is 35.5. The van der Waals surface area contributed by atoms with Gasteiger partial charge in [-0.1, -0.05) is 11.6 Å². The fraction of sp³-hybridized carbons (Fsp3) is 0.125. The van der Waals surface area contributed by atoms with Gasteiger partial charge in [-0.3, -0.25) is 9.48 Å². The van der Waals surface area contributed by atoms with Gasteiger partial charge in [-0.05, 0) is 24.3 Å². The number of rotatable bonds is 1. The first-order valence-electron chi connectivity index (χ1n) is 7.08. The number of fused-ring (bicyclic) bond motifs is 3. The first-order valence-corrected chi connectivity index (χ1v) is 7.46. The normalized spacial score (nSPS) is 19.6. The lowest BCUT2D eigenvalue weighted by Gasteiger charge is -2.26. The second-order valence-electron chi connectivity index (χ2n) is 5.75. The van der Waals surface area contributed by atoms with Gasteiger partial charge in [-0.25, -0.2) is 4.39 Å². The van der Waals surface area contributed by atoms with Crippen LogP contribution in [0.2, 0.25) is 5.02 Å². The SMILES string of the molecule is Cn1cc2cc(N)c3c(c2n1)C(=O)NC3(O)c1cc(F)ccc1Cl. The van der Waals surface area contributed by atoms with Crippen LogP contribution < -0.4 is 11.1 Å². The number of aliphatic hydroxyl groups is 1. The lowest BCUT2D eigenvalue weighted by Crippen LogP contribution is -2.40. The largest absolute Gasteiger partial charge is 0.398 e. The van der Waals surface area contributed by atoms with E-state index in [9.17, 15) is 14.3 Å². The van der Waals surface area contributed by atoms with Gasteiger partial charge < -0.3 is 16.2 Å². The maximum absolute atomic E-state index is 13.7. The van der Waals surface area contributed by atoms with Crippen molar-refractivity contribution >= 4 is 34.1 Å². The summed E-state index contributed by atoms with van der Waals surface area (Å²) in [4.78, 5) is 12.5. The number of amides is 1. The molecular formula is C16H12ClFN4O2. The Morgan fingerprint density at radius 1 is 1.42 bits per heavy atom. The number of carbonyl (C=O) groups is 1. The summed E-state index contributed by atoms with van der Waals surface area (Å²) in [6, 6.07) is 5.15. The number of hydrogen-bond acceptors (Lipinski definition) is 4. The van der Waals surface area contributed by atoms with Gasteiger partial charge in [-0.2, -0.15) is 5.10 Å². The van der Waals surface area contributed by atoms with E-state index >= 15 is 0 Å². The summed E-state index contributed by atoms with van der Waals surface area (Å²) in [5, 5.41) is 18.6. The molecule has 0 spiro atoms. The fourth-order valence-electron chi connectivity index (χ4n) is 3.19. The topological polar surface area (TPSA) is 93.2 Å². The number of carbonyl (C=O) groups excluding carboxylic acids is 1. The average molecular weight is 347 g/mol. The highest BCUT2D eigenvalue weighted by Gasteiger charge is 2.47. The van der Waals surface area contributed by atoms with Crippen LogP contribution in [0.25, 0.3) is 10.9 Å². The van der Waals surface area contributed by atoms with Crippen molar-refractivity contribution in [1.29, 1.82) is 0 Å². The van der Waals surface area contributed by atoms with Crippen LogP contribution in [0.5, 0.6) is 0 Å². The second-order valence-corrected chi connectivity index (χ2v) is 6.15. The highest BCUT2D eigenvalue weighted by molar-refractivity contribution is 6.31. The van der Waals surface area contributed by atoms with Crippen molar-refractivity contribution in [1.82, 2.24) is 15.1 Å². The molecular weight excluding hydrogens is 335 g/mol. The molecule has 0 fully saturated rings. The third kappa shape index (κ3) is 1.85. The Hall–Kier alpha value is -2.64. The van der Waals surface area contributed by atoms with E-state index in [0.29, 0.717) is 10.9 Å². The van der Waals surface area contributed by atoms with Crippen molar-refractivity contribution < 1.29 is 14.3 Å². The molecule has 1 aliphatic rings. The molecule has 1 unspecified atom stereocenters. The Labute approximate surface area is 140 Å². The van der Waals surface area contributed by atoms with Crippen molar-refractivity contribution in [3.63, 3.8) is 0 Å². The summed E-state index contributed by atoms with van der Waals surface area (Å²) in [6.45, 7) is 0. The van der Waals surface area contributed by atoms with Crippen LogP contribution in [0.15, 0.2) is 30.5 Å². The maximum atomic E-state index is 13.7. The number of aromatic nitrogens is 2. The lowest BCUT2D eigenvalue weighted by molar-refractivity contribution is 0.0479. The molecule has 24 heavy (non-hydrogen) atoms. The highest BCUT2D eigenvalue weighted by Crippen LogP contribution is 2.43. The van der Waals surface area contributed by atoms with E-state index in [2.05, 4.69) is 10.4 Å². The molecule has 0 saturated heterocycles. The van der Waals surface area contributed by atoms with Gasteiger partial charge in [0.15, 0.2) is 5.72 Å². The molecule has 8 heteroatoms. The van der Waals surface area contributed by atoms with Crippen molar-refractivity contribution in [2.45, 2.75) is 5.72 Å². The monoisotopic (exact) mass is 346 g/mol. The van der Waals surface area contributed by atoms with Gasteiger partial charge in [0.2, 0.25) is 0 Å². The number of halogens is 2. The fourth-order valence-corrected chi connectivity index (χ4v) is 3.44. The van der Waals surface area contributed by atoms with Crippen LogP contribution in [0, 0.1) is 5.82 Å². The number of hydrogen-bond donors (Lipinski definition) is 3. The standard InChI is InChI=1S/C16H12ClFN4O2/c1-22-6-7-4-11(19)13-12(14(7)21-22)15(23)20-16(13,24)9-5-8(18)2-3-10(9)17/h2-6,24H,19H2,1H3,(H,20,23). The van der Waals surface area contributed by atoms with Crippen LogP contribution in [-0.2, 0) is 12.8 Å². The smallest absolute Gasteiger partial charge is 0.256 e. The Bertz CT molecular complexity index is 1030. The van der Waals surface area contributed by atoms with Crippen LogP contribution in [0.4, 0.5) is 10.1 Å². The molecule has 0 radical (unpaired) electrons. The van der Waals surface area contributed by atoms with Gasteiger partial charge >= 0.3 is 0 Å². The molecule has 1 amide bonds. The molecule has 1 atom stereocenters. The molecule has 2 heterocycles. The second kappa shape index (κ2) is 4.68. The van der Waals surface area contributed by atoms with E-state index < -0.39 is 17.4 Å². The van der Waals surface area contributed by atoms with Crippen LogP contribution in [0.3, 0.4) is 0 Å². The molecule has 2 aromatic carbocycles. The summed E-state index contributed by atoms with van der Waals surface area (Å²) >= 11 is 6.12. The molecule has 4 rings (SSSR count). The van der Waals surface area contributed by atoms with E-state index in [1.54, 1.807) is 24.0 Å². The molecule has 3 aromatic rings. The van der Waals surface area contributed by atoms with Crippen molar-refractivity contribution in [3.05, 3.63) is 58.0 Å². The van der Waals surface area contributed by atoms with Gasteiger partial charge in [0.05, 0.1) is 5.56 Å². The molecule has 0 bridgehead atoms. The summed E-state index contributed by atoms with van der Waals surface area (Å²) < 4.78 is 15.2. The van der Waals surface area contributed by atoms with Gasteiger partial charge in [-0.15, -0.1) is 0 Å². The summed E-state index contributed by atoms with van der Waals surface area (Å²) in [5.74, 6) is -1.15. The van der Waals surface area contributed by atoms with E-state index in [4.69, 9.17) is 17.3 Å². The van der Waals surface area contributed by atoms with Gasteiger partial charge in [0.1, 0.15) is 11.3 Å². The zero-order valence-corrected chi connectivity index (χ0v) is 13.2. The Balaban J connectivity index is 2.09. The zero-order chi connectivity index (χ0) is 17.2. The number of nitrogens with one attached hydrogen (secondary N) is 1. The van der Waals surface area contributed by atoms with Crippen LogP contribution in [0.1, 0.15) is 21.5 Å². The summed E-state index contributed by atoms with van der Waals surface area (Å²) in [6.07, 6.45) is 1.71. The minimum absolute atomic E-state index is 0.0123. The molecule has 6 nitrogen and oxygen atoms in total. The molecule has 4 N–H and O–H groups in total. The maximum Gasteiger partial charge on any atom is 0.256 e. The Morgan fingerprint density at radius 2 is 2.17 bits per heavy atom. The van der Waals surface area contributed by atoms with Gasteiger partial charge in [0.25, 0.3) is 5.91 Å². The third-order valence-electron chi connectivity index (χ3n) is 4.15. The summed E-state index contributed by atoms with van der Waals surface area (Å²) in [5.41, 5.74) is 4.95. The Kier molecular flexibility index (Phi) is 2.91. The van der Waals surface area contributed by atoms with Crippen LogP contribution >= 0.6 is 11.6 Å². The molecule has 1 aromatic heterocycles. The number of anilines is 1.